The van der Waals surface area contributed by atoms with E-state index in [1.165, 1.54) is 22.0 Å². The molecule has 5 aromatic rings. The summed E-state index contributed by atoms with van der Waals surface area (Å²) in [4.78, 5) is 17.9. The molecule has 0 atom stereocenters. The van der Waals surface area contributed by atoms with Gasteiger partial charge in [-0.25, -0.2) is 4.98 Å². The number of benzene rings is 3. The Labute approximate surface area is 307 Å². The van der Waals surface area contributed by atoms with Crippen molar-refractivity contribution in [3.8, 4) is 11.1 Å². The Morgan fingerprint density at radius 1 is 0.980 bits per heavy atom. The summed E-state index contributed by atoms with van der Waals surface area (Å²) in [6.07, 6.45) is 8.45. The maximum atomic E-state index is 6.99. The van der Waals surface area contributed by atoms with Crippen molar-refractivity contribution in [3.05, 3.63) is 121 Å². The van der Waals surface area contributed by atoms with Crippen molar-refractivity contribution in [3.63, 3.8) is 0 Å². The number of piperazine rings is 1. The van der Waals surface area contributed by atoms with Crippen LogP contribution in [0.2, 0.25) is 5.02 Å². The van der Waals surface area contributed by atoms with Gasteiger partial charge in [-0.1, -0.05) is 68.6 Å². The predicted molar refractivity (Wildman–Crippen MR) is 217 cm³/mol. The quantitative estimate of drug-likeness (QED) is 0.107. The van der Waals surface area contributed by atoms with E-state index in [1.54, 1.807) is 6.20 Å². The van der Waals surface area contributed by atoms with Gasteiger partial charge in [-0.3, -0.25) is 4.90 Å². The van der Waals surface area contributed by atoms with E-state index in [2.05, 4.69) is 128 Å². The fourth-order valence-corrected chi connectivity index (χ4v) is 7.82. The van der Waals surface area contributed by atoms with Gasteiger partial charge in [-0.15, -0.1) is 0 Å². The lowest BCUT2D eigenvalue weighted by molar-refractivity contribution is 0.209. The smallest absolute Gasteiger partial charge is 0.139 e. The number of aromatic nitrogens is 2. The average molecular weight is 701 g/mol. The topological polar surface area (TPSA) is 65.7 Å². The molecule has 2 saturated heterocycles. The predicted octanol–water partition coefficient (Wildman–Crippen LogP) is 8.45. The summed E-state index contributed by atoms with van der Waals surface area (Å²) in [6, 6.07) is 21.9. The van der Waals surface area contributed by atoms with Gasteiger partial charge in [-0.2, -0.15) is 0 Å². The Morgan fingerprint density at radius 3 is 2.65 bits per heavy atom. The molecule has 264 valence electrons. The van der Waals surface area contributed by atoms with Crippen LogP contribution in [0.4, 0.5) is 17.1 Å². The number of aromatic amines is 1. The SMILES string of the molecule is C=CNCCC(=C)Nc1cccc2cc(N3CCN(CCN4CCCN(c5cccc(-c6cnc7[nH]cc(CC)c7c6Cl)c5)C4=C)CC3)ccc12. The van der Waals surface area contributed by atoms with Crippen LogP contribution in [0.3, 0.4) is 0 Å². The Bertz CT molecular complexity index is 2040. The van der Waals surface area contributed by atoms with E-state index in [1.807, 2.05) is 12.4 Å². The highest BCUT2D eigenvalue weighted by molar-refractivity contribution is 6.38. The van der Waals surface area contributed by atoms with Crippen LogP contribution in [-0.2, 0) is 6.42 Å². The summed E-state index contributed by atoms with van der Waals surface area (Å²) in [5.41, 5.74) is 8.56. The number of rotatable bonds is 13. The van der Waals surface area contributed by atoms with Crippen molar-refractivity contribution < 1.29 is 0 Å². The van der Waals surface area contributed by atoms with Crippen molar-refractivity contribution in [1.82, 2.24) is 25.1 Å². The van der Waals surface area contributed by atoms with Gasteiger partial charge in [0.25, 0.3) is 0 Å². The second-order valence-corrected chi connectivity index (χ2v) is 13.9. The molecule has 0 unspecified atom stereocenters. The summed E-state index contributed by atoms with van der Waals surface area (Å²) in [5.74, 6) is 1.07. The first kappa shape index (κ1) is 34.5. The first-order valence-corrected chi connectivity index (χ1v) is 18.6. The average Bonchev–Trinajstić information content (AvgIpc) is 3.59. The monoisotopic (exact) mass is 700 g/mol. The van der Waals surface area contributed by atoms with Gasteiger partial charge in [0.05, 0.1) is 5.02 Å². The van der Waals surface area contributed by atoms with Crippen LogP contribution >= 0.6 is 11.6 Å². The Morgan fingerprint density at radius 2 is 1.82 bits per heavy atom. The zero-order valence-corrected chi connectivity index (χ0v) is 30.5. The molecule has 2 aliphatic heterocycles. The normalized spacial score (nSPS) is 15.5. The van der Waals surface area contributed by atoms with E-state index < -0.39 is 0 Å². The summed E-state index contributed by atoms with van der Waals surface area (Å²) in [6.45, 7) is 23.6. The lowest BCUT2D eigenvalue weighted by Crippen LogP contribution is -2.50. The van der Waals surface area contributed by atoms with Crippen LogP contribution in [0, 0.1) is 0 Å². The zero-order valence-electron chi connectivity index (χ0n) is 29.7. The van der Waals surface area contributed by atoms with Crippen LogP contribution in [0.5, 0.6) is 0 Å². The molecular formula is C42H49ClN8. The minimum atomic E-state index is 0.757. The van der Waals surface area contributed by atoms with E-state index in [0.29, 0.717) is 0 Å². The molecule has 7 rings (SSSR count). The molecule has 9 heteroatoms. The second kappa shape index (κ2) is 15.5. The number of pyridine rings is 1. The highest BCUT2D eigenvalue weighted by Gasteiger charge is 2.24. The number of anilines is 3. The summed E-state index contributed by atoms with van der Waals surface area (Å²) in [5, 5.41) is 10.9. The van der Waals surface area contributed by atoms with Crippen molar-refractivity contribution >= 4 is 50.5 Å². The maximum absolute atomic E-state index is 6.99. The molecule has 2 aromatic heterocycles. The molecule has 0 saturated carbocycles. The molecule has 0 aliphatic carbocycles. The molecule has 51 heavy (non-hydrogen) atoms. The number of halogens is 1. The van der Waals surface area contributed by atoms with Gasteiger partial charge in [0.1, 0.15) is 11.5 Å². The van der Waals surface area contributed by atoms with Crippen LogP contribution < -0.4 is 20.4 Å². The van der Waals surface area contributed by atoms with E-state index in [9.17, 15) is 0 Å². The molecule has 0 spiro atoms. The number of H-pyrrole nitrogens is 1. The van der Waals surface area contributed by atoms with E-state index in [-0.39, 0.29) is 0 Å². The third-order valence-electron chi connectivity index (χ3n) is 10.4. The maximum Gasteiger partial charge on any atom is 0.139 e. The van der Waals surface area contributed by atoms with Crippen molar-refractivity contribution in [2.24, 2.45) is 0 Å². The van der Waals surface area contributed by atoms with Gasteiger partial charge >= 0.3 is 0 Å². The molecule has 8 nitrogen and oxygen atoms in total. The lowest BCUT2D eigenvalue weighted by Gasteiger charge is -2.42. The van der Waals surface area contributed by atoms with Crippen molar-refractivity contribution in [2.45, 2.75) is 26.2 Å². The summed E-state index contributed by atoms with van der Waals surface area (Å²) in [7, 11) is 0. The first-order valence-electron chi connectivity index (χ1n) is 18.2. The second-order valence-electron chi connectivity index (χ2n) is 13.5. The standard InChI is InChI=1S/C42H49ClN8/c1-5-32-28-45-42-40(32)41(43)38(29-46-42)34-10-7-12-36(27-34)51-19-9-18-49(31(51)4)23-20-48-21-24-50(25-22-48)35-14-15-37-33(26-35)11-8-13-39(37)47-30(3)16-17-44-6-2/h6-8,10-15,26-29,44,47H,2-5,9,16-25H2,1H3,(H,45,46). The Kier molecular flexibility index (Phi) is 10.5. The Balaban J connectivity index is 0.945. The van der Waals surface area contributed by atoms with Gasteiger partial charge in [0, 0.05) is 117 Å². The number of hydrogen-bond donors (Lipinski definition) is 3. The largest absolute Gasteiger partial charge is 0.391 e. The molecule has 0 amide bonds. The number of fused-ring (bicyclic) bond motifs is 2. The van der Waals surface area contributed by atoms with Gasteiger partial charge in [-0.05, 0) is 65.9 Å². The molecule has 3 aromatic carbocycles. The van der Waals surface area contributed by atoms with E-state index in [4.69, 9.17) is 11.6 Å². The van der Waals surface area contributed by atoms with Gasteiger partial charge in [0.2, 0.25) is 0 Å². The molecule has 2 fully saturated rings. The molecule has 0 radical (unpaired) electrons. The lowest BCUT2D eigenvalue weighted by atomic mass is 10.0. The van der Waals surface area contributed by atoms with Crippen LogP contribution in [-0.4, -0.2) is 78.7 Å². The van der Waals surface area contributed by atoms with Gasteiger partial charge < -0.3 is 30.3 Å². The minimum Gasteiger partial charge on any atom is -0.391 e. The molecule has 3 N–H and O–H groups in total. The fourth-order valence-electron chi connectivity index (χ4n) is 7.45. The zero-order chi connectivity index (χ0) is 35.3. The van der Waals surface area contributed by atoms with Crippen LogP contribution in [0.25, 0.3) is 32.9 Å². The van der Waals surface area contributed by atoms with Crippen LogP contribution in [0.1, 0.15) is 25.3 Å². The van der Waals surface area contributed by atoms with Gasteiger partial charge in [0.15, 0.2) is 0 Å². The molecule has 0 bridgehead atoms. The highest BCUT2D eigenvalue weighted by Crippen LogP contribution is 2.37. The molecule has 2 aliphatic rings. The third kappa shape index (κ3) is 7.43. The van der Waals surface area contributed by atoms with Crippen LogP contribution in [0.15, 0.2) is 111 Å². The van der Waals surface area contributed by atoms with E-state index >= 15 is 0 Å². The van der Waals surface area contributed by atoms with Crippen molar-refractivity contribution in [2.75, 3.05) is 74.0 Å². The summed E-state index contributed by atoms with van der Waals surface area (Å²) >= 11 is 6.99. The summed E-state index contributed by atoms with van der Waals surface area (Å²) < 4.78 is 0. The number of hydrogen-bond acceptors (Lipinski definition) is 7. The Hall–Kier alpha value is -4.92. The van der Waals surface area contributed by atoms with Crippen molar-refractivity contribution in [1.29, 1.82) is 0 Å². The first-order chi connectivity index (χ1) is 24.9. The number of aryl methyl sites for hydroxylation is 1. The fraction of sp³-hybridized carbons (Fsp3) is 0.310. The number of nitrogens with zero attached hydrogens (tertiary/aromatic N) is 5. The third-order valence-corrected chi connectivity index (χ3v) is 10.8. The minimum absolute atomic E-state index is 0.757. The molecular weight excluding hydrogens is 652 g/mol. The number of nitrogens with one attached hydrogen (secondary N) is 3. The molecule has 4 heterocycles. The highest BCUT2D eigenvalue weighted by atomic mass is 35.5. The van der Waals surface area contributed by atoms with E-state index in [0.717, 1.165) is 128 Å².